The molecule has 142 valence electrons. The maximum atomic E-state index is 12.5. The standard InChI is InChI=1S/C23H23N3O2/c1-15(2)17-4-8-20(9-5-17)25-22-12-19(13-24-14-22)23(28)26-21-10-6-18(7-11-21)16(3)27/h4-15,25H,1-3H3,(H,26,28). The molecule has 3 rings (SSSR count). The summed E-state index contributed by atoms with van der Waals surface area (Å²) in [5.41, 5.74) is 4.61. The molecule has 2 N–H and O–H groups in total. The Morgan fingerprint density at radius 3 is 2.07 bits per heavy atom. The molecule has 0 fully saturated rings. The lowest BCUT2D eigenvalue weighted by Crippen LogP contribution is -2.12. The van der Waals surface area contributed by atoms with Crippen LogP contribution in [0.1, 0.15) is 53.0 Å². The van der Waals surface area contributed by atoms with Gasteiger partial charge in [-0.05, 0) is 60.9 Å². The van der Waals surface area contributed by atoms with Crippen molar-refractivity contribution >= 4 is 28.8 Å². The molecule has 0 saturated carbocycles. The largest absolute Gasteiger partial charge is 0.354 e. The van der Waals surface area contributed by atoms with Gasteiger partial charge in [0.15, 0.2) is 5.78 Å². The summed E-state index contributed by atoms with van der Waals surface area (Å²) in [5.74, 6) is 0.205. The third-order valence-corrected chi connectivity index (χ3v) is 4.42. The Bertz CT molecular complexity index is 977. The Morgan fingerprint density at radius 1 is 0.821 bits per heavy atom. The summed E-state index contributed by atoms with van der Waals surface area (Å²) in [6.07, 6.45) is 3.20. The zero-order chi connectivity index (χ0) is 20.1. The number of Topliss-reactive ketones (excluding diaryl/α,β-unsaturated/α-hetero) is 1. The lowest BCUT2D eigenvalue weighted by molar-refractivity contribution is 0.101. The fourth-order valence-corrected chi connectivity index (χ4v) is 2.74. The van der Waals surface area contributed by atoms with E-state index in [9.17, 15) is 9.59 Å². The number of ketones is 1. The Balaban J connectivity index is 1.69. The van der Waals surface area contributed by atoms with Crippen molar-refractivity contribution in [3.63, 3.8) is 0 Å². The molecule has 0 radical (unpaired) electrons. The van der Waals surface area contributed by atoms with Crippen LogP contribution in [0.3, 0.4) is 0 Å². The van der Waals surface area contributed by atoms with Gasteiger partial charge in [-0.1, -0.05) is 26.0 Å². The fraction of sp³-hybridized carbons (Fsp3) is 0.174. The lowest BCUT2D eigenvalue weighted by atomic mass is 10.0. The second-order valence-electron chi connectivity index (χ2n) is 6.95. The number of rotatable bonds is 6. The molecule has 0 spiro atoms. The minimum Gasteiger partial charge on any atom is -0.354 e. The van der Waals surface area contributed by atoms with E-state index in [-0.39, 0.29) is 11.7 Å². The predicted molar refractivity (Wildman–Crippen MR) is 112 cm³/mol. The van der Waals surface area contributed by atoms with Gasteiger partial charge in [-0.25, -0.2) is 0 Å². The Labute approximate surface area is 164 Å². The smallest absolute Gasteiger partial charge is 0.257 e. The van der Waals surface area contributed by atoms with Crippen LogP contribution in [0.4, 0.5) is 17.1 Å². The zero-order valence-electron chi connectivity index (χ0n) is 16.2. The van der Waals surface area contributed by atoms with E-state index >= 15 is 0 Å². The van der Waals surface area contributed by atoms with E-state index < -0.39 is 0 Å². The number of nitrogens with zero attached hydrogens (tertiary/aromatic N) is 1. The van der Waals surface area contributed by atoms with Gasteiger partial charge in [-0.2, -0.15) is 0 Å². The van der Waals surface area contributed by atoms with Crippen molar-refractivity contribution in [2.45, 2.75) is 26.7 Å². The van der Waals surface area contributed by atoms with Gasteiger partial charge in [0.05, 0.1) is 17.4 Å². The molecule has 1 heterocycles. The van der Waals surface area contributed by atoms with Gasteiger partial charge in [0.2, 0.25) is 0 Å². The van der Waals surface area contributed by atoms with Crippen LogP contribution < -0.4 is 10.6 Å². The number of pyridine rings is 1. The summed E-state index contributed by atoms with van der Waals surface area (Å²) in [5, 5.41) is 6.09. The van der Waals surface area contributed by atoms with Gasteiger partial charge in [0.25, 0.3) is 5.91 Å². The number of hydrogen-bond acceptors (Lipinski definition) is 4. The molecule has 5 nitrogen and oxygen atoms in total. The summed E-state index contributed by atoms with van der Waals surface area (Å²) in [7, 11) is 0. The normalized spacial score (nSPS) is 10.6. The van der Waals surface area contributed by atoms with Crippen LogP contribution in [0, 0.1) is 0 Å². The number of benzene rings is 2. The quantitative estimate of drug-likeness (QED) is 0.567. The molecule has 0 aliphatic heterocycles. The number of carbonyl (C=O) groups is 2. The Morgan fingerprint density at radius 2 is 1.46 bits per heavy atom. The first kappa shape index (κ1) is 19.3. The maximum Gasteiger partial charge on any atom is 0.257 e. The van der Waals surface area contributed by atoms with Crippen molar-refractivity contribution in [3.8, 4) is 0 Å². The SMILES string of the molecule is CC(=O)c1ccc(NC(=O)c2cncc(Nc3ccc(C(C)C)cc3)c2)cc1. The van der Waals surface area contributed by atoms with Crippen molar-refractivity contribution in [1.29, 1.82) is 0 Å². The molecule has 1 aromatic heterocycles. The summed E-state index contributed by atoms with van der Waals surface area (Å²) < 4.78 is 0. The molecule has 28 heavy (non-hydrogen) atoms. The van der Waals surface area contributed by atoms with Gasteiger partial charge in [0.1, 0.15) is 0 Å². The minimum atomic E-state index is -0.262. The van der Waals surface area contributed by atoms with E-state index in [0.717, 1.165) is 11.4 Å². The highest BCUT2D eigenvalue weighted by molar-refractivity contribution is 6.05. The molecule has 0 aliphatic carbocycles. The first-order chi connectivity index (χ1) is 13.4. The van der Waals surface area contributed by atoms with Crippen LogP contribution in [0.2, 0.25) is 0 Å². The van der Waals surface area contributed by atoms with E-state index in [4.69, 9.17) is 0 Å². The summed E-state index contributed by atoms with van der Waals surface area (Å²) in [4.78, 5) is 28.0. The molecule has 3 aromatic rings. The van der Waals surface area contributed by atoms with Gasteiger partial charge in [0, 0.05) is 23.1 Å². The van der Waals surface area contributed by atoms with Gasteiger partial charge < -0.3 is 10.6 Å². The first-order valence-electron chi connectivity index (χ1n) is 9.17. The molecule has 0 atom stereocenters. The van der Waals surface area contributed by atoms with Crippen LogP contribution >= 0.6 is 0 Å². The second kappa shape index (κ2) is 8.48. The average molecular weight is 373 g/mol. The first-order valence-corrected chi connectivity index (χ1v) is 9.17. The van der Waals surface area contributed by atoms with E-state index in [2.05, 4.69) is 41.6 Å². The number of aromatic nitrogens is 1. The Hall–Kier alpha value is -3.47. The summed E-state index contributed by atoms with van der Waals surface area (Å²) in [6.45, 7) is 5.82. The predicted octanol–water partition coefficient (Wildman–Crippen LogP) is 5.40. The number of anilines is 3. The minimum absolute atomic E-state index is 0.0118. The molecule has 0 saturated heterocycles. The summed E-state index contributed by atoms with van der Waals surface area (Å²) >= 11 is 0. The molecular weight excluding hydrogens is 350 g/mol. The van der Waals surface area contributed by atoms with Crippen molar-refractivity contribution < 1.29 is 9.59 Å². The average Bonchev–Trinajstić information content (AvgIpc) is 2.69. The molecule has 0 aliphatic rings. The molecule has 0 bridgehead atoms. The topological polar surface area (TPSA) is 71.1 Å². The monoisotopic (exact) mass is 373 g/mol. The third-order valence-electron chi connectivity index (χ3n) is 4.42. The maximum absolute atomic E-state index is 12.5. The van der Waals surface area contributed by atoms with Gasteiger partial charge >= 0.3 is 0 Å². The number of carbonyl (C=O) groups excluding carboxylic acids is 2. The van der Waals surface area contributed by atoms with Crippen molar-refractivity contribution in [2.75, 3.05) is 10.6 Å². The highest BCUT2D eigenvalue weighted by Crippen LogP contribution is 2.21. The van der Waals surface area contributed by atoms with Crippen LogP contribution in [0.5, 0.6) is 0 Å². The molecule has 2 aromatic carbocycles. The lowest BCUT2D eigenvalue weighted by Gasteiger charge is -2.10. The highest BCUT2D eigenvalue weighted by Gasteiger charge is 2.09. The molecule has 5 heteroatoms. The van der Waals surface area contributed by atoms with E-state index in [1.165, 1.54) is 18.7 Å². The van der Waals surface area contributed by atoms with Crippen molar-refractivity contribution in [3.05, 3.63) is 83.7 Å². The van der Waals surface area contributed by atoms with E-state index in [1.807, 2.05) is 12.1 Å². The second-order valence-corrected chi connectivity index (χ2v) is 6.95. The zero-order valence-corrected chi connectivity index (χ0v) is 16.2. The van der Waals surface area contributed by atoms with Crippen LogP contribution in [0.15, 0.2) is 67.0 Å². The van der Waals surface area contributed by atoms with Gasteiger partial charge in [-0.3, -0.25) is 14.6 Å². The van der Waals surface area contributed by atoms with E-state index in [0.29, 0.717) is 22.7 Å². The van der Waals surface area contributed by atoms with Crippen LogP contribution in [-0.4, -0.2) is 16.7 Å². The molecule has 1 amide bonds. The summed E-state index contributed by atoms with van der Waals surface area (Å²) in [6, 6.07) is 16.7. The van der Waals surface area contributed by atoms with Crippen LogP contribution in [-0.2, 0) is 0 Å². The highest BCUT2D eigenvalue weighted by atomic mass is 16.1. The number of amides is 1. The van der Waals surface area contributed by atoms with Crippen molar-refractivity contribution in [2.24, 2.45) is 0 Å². The third kappa shape index (κ3) is 4.82. The number of nitrogens with one attached hydrogen (secondary N) is 2. The van der Waals surface area contributed by atoms with Gasteiger partial charge in [-0.15, -0.1) is 0 Å². The van der Waals surface area contributed by atoms with Crippen LogP contribution in [0.25, 0.3) is 0 Å². The van der Waals surface area contributed by atoms with Crippen molar-refractivity contribution in [1.82, 2.24) is 4.98 Å². The molecule has 0 unspecified atom stereocenters. The fourth-order valence-electron chi connectivity index (χ4n) is 2.74. The number of hydrogen-bond donors (Lipinski definition) is 2. The van der Waals surface area contributed by atoms with E-state index in [1.54, 1.807) is 36.5 Å². The molecular formula is C23H23N3O2. The Kier molecular flexibility index (Phi) is 5.84.